The Morgan fingerprint density at radius 3 is 2.17 bits per heavy atom. The standard InChI is InChI=1S/C28H20N3O.C19H16N.Ir/c1-16-15-29-26(14-24(16)19-10-12-25-20(13-19)9-7-17(2)30-25)23-6-4-5-21-22-11-8-18(3)31-28(22)32-27(21)23;1-14-8-11-19(20-13-14)17-10-9-15(2)18(12-17)16-6-4-3-5-7-16;/h4-5,7-15H,1-3H3;3-9,11-13H,1-2H3;/q2*-1;. The van der Waals surface area contributed by atoms with E-state index in [0.717, 1.165) is 77.9 Å². The number of hydrogen-bond acceptors (Lipinski definition) is 5. The summed E-state index contributed by atoms with van der Waals surface area (Å²) in [5, 5.41) is 3.15. The minimum atomic E-state index is 0. The third-order valence-electron chi connectivity index (χ3n) is 9.37. The average Bonchev–Trinajstić information content (AvgIpc) is 3.54. The van der Waals surface area contributed by atoms with Crippen LogP contribution in [-0.4, -0.2) is 19.9 Å². The summed E-state index contributed by atoms with van der Waals surface area (Å²) >= 11 is 0. The summed E-state index contributed by atoms with van der Waals surface area (Å²) in [5.74, 6) is 0. The van der Waals surface area contributed by atoms with Gasteiger partial charge in [0.25, 0.3) is 0 Å². The van der Waals surface area contributed by atoms with Crippen molar-refractivity contribution in [2.75, 3.05) is 0 Å². The summed E-state index contributed by atoms with van der Waals surface area (Å²) in [5.41, 5.74) is 16.3. The minimum absolute atomic E-state index is 0. The van der Waals surface area contributed by atoms with Crippen molar-refractivity contribution in [3.8, 4) is 44.8 Å². The molecular formula is C47H36IrN4O-2. The first-order valence-electron chi connectivity index (χ1n) is 17.4. The van der Waals surface area contributed by atoms with E-state index in [1.165, 1.54) is 22.3 Å². The molecule has 5 nitrogen and oxygen atoms in total. The number of hydrogen-bond donors (Lipinski definition) is 0. The molecule has 1 radical (unpaired) electrons. The van der Waals surface area contributed by atoms with Gasteiger partial charge < -0.3 is 14.4 Å². The molecule has 0 aliphatic heterocycles. The monoisotopic (exact) mass is 865 g/mol. The van der Waals surface area contributed by atoms with Gasteiger partial charge in [0, 0.05) is 54.7 Å². The van der Waals surface area contributed by atoms with Gasteiger partial charge in [0.05, 0.1) is 11.1 Å². The van der Waals surface area contributed by atoms with Crippen molar-refractivity contribution in [3.05, 3.63) is 168 Å². The molecule has 0 fully saturated rings. The molecule has 0 saturated heterocycles. The molecule has 0 aliphatic carbocycles. The molecule has 0 N–H and O–H groups in total. The van der Waals surface area contributed by atoms with Gasteiger partial charge in [-0.05, 0) is 97.2 Å². The van der Waals surface area contributed by atoms with E-state index in [9.17, 15) is 0 Å². The number of aromatic nitrogens is 4. The van der Waals surface area contributed by atoms with Crippen molar-refractivity contribution in [3.63, 3.8) is 0 Å². The zero-order chi connectivity index (χ0) is 35.8. The number of nitrogens with zero attached hydrogens (tertiary/aromatic N) is 4. The van der Waals surface area contributed by atoms with Crippen molar-refractivity contribution in [2.45, 2.75) is 34.6 Å². The Hall–Kier alpha value is -5.81. The Labute approximate surface area is 323 Å². The Balaban J connectivity index is 0.000000179. The van der Waals surface area contributed by atoms with Crippen LogP contribution in [0.3, 0.4) is 0 Å². The molecule has 4 aromatic carbocycles. The number of pyridine rings is 4. The molecule has 9 aromatic rings. The largest absolute Gasteiger partial charge is 0.486 e. The summed E-state index contributed by atoms with van der Waals surface area (Å²) in [6, 6.07) is 46.1. The maximum atomic E-state index is 6.17. The summed E-state index contributed by atoms with van der Waals surface area (Å²) in [6.07, 6.45) is 3.81. The molecule has 6 heteroatoms. The van der Waals surface area contributed by atoms with Crippen LogP contribution in [0.2, 0.25) is 0 Å². The van der Waals surface area contributed by atoms with Crippen molar-refractivity contribution in [1.29, 1.82) is 0 Å². The molecule has 0 atom stereocenters. The first-order chi connectivity index (χ1) is 25.3. The molecule has 0 unspecified atom stereocenters. The van der Waals surface area contributed by atoms with Crippen LogP contribution in [0.4, 0.5) is 0 Å². The Morgan fingerprint density at radius 2 is 1.36 bits per heavy atom. The third kappa shape index (κ3) is 7.30. The molecule has 0 aliphatic rings. The van der Waals surface area contributed by atoms with Crippen molar-refractivity contribution >= 4 is 33.0 Å². The second kappa shape index (κ2) is 15.0. The van der Waals surface area contributed by atoms with Crippen LogP contribution in [0.5, 0.6) is 0 Å². The molecular weight excluding hydrogens is 829 g/mol. The van der Waals surface area contributed by atoms with E-state index in [1.807, 2.05) is 75.6 Å². The molecule has 0 saturated carbocycles. The topological polar surface area (TPSA) is 64.7 Å². The quantitative estimate of drug-likeness (QED) is 0.165. The molecule has 261 valence electrons. The fourth-order valence-electron chi connectivity index (χ4n) is 6.54. The number of fused-ring (bicyclic) bond motifs is 4. The zero-order valence-corrected chi connectivity index (χ0v) is 32.5. The van der Waals surface area contributed by atoms with E-state index in [2.05, 4.69) is 114 Å². The normalized spacial score (nSPS) is 11.0. The SMILES string of the molecule is Cc1ccc(-c2[c-]cc(C)c(-c3ccccc3)c2)nc1.Cc1ccc2cc(-c3cc(-c4[c-]ccc5c4oc4nc(C)ccc45)ncc3C)ccc2n1.[Ir]. The van der Waals surface area contributed by atoms with Crippen molar-refractivity contribution < 1.29 is 24.5 Å². The van der Waals surface area contributed by atoms with Crippen LogP contribution >= 0.6 is 0 Å². The van der Waals surface area contributed by atoms with Gasteiger partial charge in [-0.3, -0.25) is 4.98 Å². The second-order valence-corrected chi connectivity index (χ2v) is 13.3. The van der Waals surface area contributed by atoms with E-state index in [0.29, 0.717) is 5.71 Å². The van der Waals surface area contributed by atoms with Crippen LogP contribution in [-0.2, 0) is 20.1 Å². The maximum Gasteiger partial charge on any atom is 0.216 e. The van der Waals surface area contributed by atoms with Crippen LogP contribution in [0.15, 0.2) is 132 Å². The second-order valence-electron chi connectivity index (χ2n) is 13.3. The van der Waals surface area contributed by atoms with Gasteiger partial charge in [0.1, 0.15) is 0 Å². The first kappa shape index (κ1) is 35.6. The fourth-order valence-corrected chi connectivity index (χ4v) is 6.54. The minimum Gasteiger partial charge on any atom is -0.486 e. The van der Waals surface area contributed by atoms with Crippen LogP contribution in [0.1, 0.15) is 28.1 Å². The summed E-state index contributed by atoms with van der Waals surface area (Å²) in [7, 11) is 0. The summed E-state index contributed by atoms with van der Waals surface area (Å²) < 4.78 is 6.17. The number of benzene rings is 4. The number of furan rings is 1. The van der Waals surface area contributed by atoms with Gasteiger partial charge in [-0.1, -0.05) is 84.1 Å². The molecule has 5 aromatic heterocycles. The zero-order valence-electron chi connectivity index (χ0n) is 30.2. The van der Waals surface area contributed by atoms with Crippen LogP contribution in [0.25, 0.3) is 77.7 Å². The van der Waals surface area contributed by atoms with E-state index in [4.69, 9.17) is 9.40 Å². The van der Waals surface area contributed by atoms with E-state index in [-0.39, 0.29) is 20.1 Å². The van der Waals surface area contributed by atoms with Gasteiger partial charge in [0.2, 0.25) is 5.71 Å². The van der Waals surface area contributed by atoms with Gasteiger partial charge in [-0.2, -0.15) is 0 Å². The van der Waals surface area contributed by atoms with Gasteiger partial charge in [-0.25, -0.2) is 4.98 Å². The predicted octanol–water partition coefficient (Wildman–Crippen LogP) is 11.8. The van der Waals surface area contributed by atoms with E-state index < -0.39 is 0 Å². The van der Waals surface area contributed by atoms with E-state index >= 15 is 0 Å². The van der Waals surface area contributed by atoms with Crippen LogP contribution in [0, 0.1) is 46.8 Å². The fraction of sp³-hybridized carbons (Fsp3) is 0.106. The maximum absolute atomic E-state index is 6.17. The predicted molar refractivity (Wildman–Crippen MR) is 212 cm³/mol. The molecule has 53 heavy (non-hydrogen) atoms. The van der Waals surface area contributed by atoms with E-state index in [1.54, 1.807) is 0 Å². The summed E-state index contributed by atoms with van der Waals surface area (Å²) in [6.45, 7) is 10.2. The van der Waals surface area contributed by atoms with Crippen molar-refractivity contribution in [1.82, 2.24) is 19.9 Å². The third-order valence-corrected chi connectivity index (χ3v) is 9.37. The van der Waals surface area contributed by atoms with Crippen molar-refractivity contribution in [2.24, 2.45) is 0 Å². The van der Waals surface area contributed by atoms with Gasteiger partial charge in [-0.15, -0.1) is 47.5 Å². The molecule has 0 spiro atoms. The molecule has 5 heterocycles. The van der Waals surface area contributed by atoms with Gasteiger partial charge >= 0.3 is 0 Å². The Morgan fingerprint density at radius 1 is 0.585 bits per heavy atom. The number of rotatable bonds is 4. The number of aryl methyl sites for hydroxylation is 5. The Bertz CT molecular complexity index is 2740. The first-order valence-corrected chi connectivity index (χ1v) is 17.4. The average molecular weight is 865 g/mol. The molecule has 0 amide bonds. The Kier molecular flexibility index (Phi) is 10.1. The molecule has 9 rings (SSSR count). The van der Waals surface area contributed by atoms with Gasteiger partial charge in [0.15, 0.2) is 0 Å². The smallest absolute Gasteiger partial charge is 0.216 e. The summed E-state index contributed by atoms with van der Waals surface area (Å²) in [4.78, 5) is 18.4. The van der Waals surface area contributed by atoms with Crippen LogP contribution < -0.4 is 0 Å². The molecule has 0 bridgehead atoms.